The molecule has 0 saturated carbocycles. The minimum absolute atomic E-state index is 0.738. The van der Waals surface area contributed by atoms with Crippen LogP contribution in [0.4, 0.5) is 0 Å². The van der Waals surface area contributed by atoms with E-state index in [0.29, 0.717) is 0 Å². The highest BCUT2D eigenvalue weighted by Gasteiger charge is 2.32. The molecule has 0 aliphatic carbocycles. The zero-order chi connectivity index (χ0) is 14.7. The highest BCUT2D eigenvalue weighted by atomic mass is 15.3. The highest BCUT2D eigenvalue weighted by molar-refractivity contribution is 4.88. The van der Waals surface area contributed by atoms with E-state index in [2.05, 4.69) is 49.3 Å². The Morgan fingerprint density at radius 1 is 0.900 bits per heavy atom. The molecule has 1 unspecified atom stereocenters. The maximum absolute atomic E-state index is 2.75. The lowest BCUT2D eigenvalue weighted by atomic mass is 10.1. The molecule has 2 fully saturated rings. The molecule has 2 atom stereocenters. The molecule has 0 N–H and O–H groups in total. The molecule has 0 radical (unpaired) electrons. The molecule has 0 aromatic heterocycles. The van der Waals surface area contributed by atoms with Crippen molar-refractivity contribution in [1.29, 1.82) is 0 Å². The Labute approximate surface area is 126 Å². The van der Waals surface area contributed by atoms with Crippen LogP contribution in [0.1, 0.15) is 41.0 Å². The van der Waals surface area contributed by atoms with Gasteiger partial charge in [-0.15, -0.1) is 0 Å². The molecule has 2 heterocycles. The van der Waals surface area contributed by atoms with E-state index in [-0.39, 0.29) is 0 Å². The Kier molecular flexibility index (Phi) is 5.88. The molecular weight excluding hydrogens is 246 g/mol. The summed E-state index contributed by atoms with van der Waals surface area (Å²) in [7, 11) is 0. The van der Waals surface area contributed by atoms with Crippen molar-refractivity contribution in [3.05, 3.63) is 0 Å². The summed E-state index contributed by atoms with van der Waals surface area (Å²) in [5.41, 5.74) is 0. The highest BCUT2D eigenvalue weighted by Crippen LogP contribution is 2.22. The Morgan fingerprint density at radius 3 is 2.10 bits per heavy atom. The van der Waals surface area contributed by atoms with E-state index < -0.39 is 0 Å². The van der Waals surface area contributed by atoms with Gasteiger partial charge in [0.15, 0.2) is 0 Å². The van der Waals surface area contributed by atoms with E-state index in [1.807, 2.05) is 0 Å². The van der Waals surface area contributed by atoms with Crippen LogP contribution in [0.15, 0.2) is 0 Å². The first kappa shape index (κ1) is 16.3. The first-order valence-corrected chi connectivity index (χ1v) is 8.67. The molecule has 0 spiro atoms. The predicted octanol–water partition coefficient (Wildman–Crippen LogP) is 2.38. The van der Waals surface area contributed by atoms with E-state index in [9.17, 15) is 0 Å². The lowest BCUT2D eigenvalue weighted by molar-refractivity contribution is 0.0866. The fourth-order valence-corrected chi connectivity index (χ4v) is 3.69. The fourth-order valence-electron chi connectivity index (χ4n) is 3.69. The number of piperazine rings is 1. The minimum atomic E-state index is 0.738. The van der Waals surface area contributed by atoms with Gasteiger partial charge in [0.2, 0.25) is 0 Å². The summed E-state index contributed by atoms with van der Waals surface area (Å²) < 4.78 is 0. The summed E-state index contributed by atoms with van der Waals surface area (Å²) in [5.74, 6) is 1.58. The molecular formula is C17H35N3. The lowest BCUT2D eigenvalue weighted by Gasteiger charge is -2.39. The first-order chi connectivity index (χ1) is 9.47. The average molecular weight is 281 g/mol. The van der Waals surface area contributed by atoms with Gasteiger partial charge < -0.3 is 4.90 Å². The molecule has 0 amide bonds. The molecule has 3 heteroatoms. The molecule has 2 saturated heterocycles. The van der Waals surface area contributed by atoms with Crippen LogP contribution >= 0.6 is 0 Å². The Hall–Kier alpha value is -0.120. The van der Waals surface area contributed by atoms with Crippen LogP contribution < -0.4 is 0 Å². The first-order valence-electron chi connectivity index (χ1n) is 8.67. The van der Waals surface area contributed by atoms with Gasteiger partial charge in [0, 0.05) is 57.9 Å². The third-order valence-electron chi connectivity index (χ3n) is 5.28. The van der Waals surface area contributed by atoms with E-state index in [4.69, 9.17) is 0 Å². The van der Waals surface area contributed by atoms with Crippen LogP contribution in [0.5, 0.6) is 0 Å². The fraction of sp³-hybridized carbons (Fsp3) is 1.00. The second-order valence-electron chi connectivity index (χ2n) is 7.65. The molecule has 0 aromatic rings. The van der Waals surface area contributed by atoms with Gasteiger partial charge in [-0.2, -0.15) is 0 Å². The van der Waals surface area contributed by atoms with E-state index in [1.165, 1.54) is 52.2 Å². The van der Waals surface area contributed by atoms with Gasteiger partial charge in [-0.25, -0.2) is 0 Å². The van der Waals surface area contributed by atoms with Crippen molar-refractivity contribution in [3.8, 4) is 0 Å². The maximum atomic E-state index is 2.75. The van der Waals surface area contributed by atoms with Gasteiger partial charge in [0.1, 0.15) is 0 Å². The quantitative estimate of drug-likeness (QED) is 0.766. The molecule has 2 rings (SSSR count). The Balaban J connectivity index is 1.75. The van der Waals surface area contributed by atoms with Crippen molar-refractivity contribution >= 4 is 0 Å². The van der Waals surface area contributed by atoms with Crippen LogP contribution in [0, 0.1) is 11.8 Å². The van der Waals surface area contributed by atoms with Crippen molar-refractivity contribution in [2.45, 2.75) is 53.1 Å². The number of likely N-dealkylation sites (tertiary alicyclic amines) is 1. The van der Waals surface area contributed by atoms with Gasteiger partial charge in [-0.3, -0.25) is 9.80 Å². The van der Waals surface area contributed by atoms with Crippen LogP contribution in [0.3, 0.4) is 0 Å². The average Bonchev–Trinajstić information content (AvgIpc) is 2.87. The summed E-state index contributed by atoms with van der Waals surface area (Å²) in [6.45, 7) is 20.7. The second-order valence-corrected chi connectivity index (χ2v) is 7.65. The number of rotatable bonds is 5. The Morgan fingerprint density at radius 2 is 1.55 bits per heavy atom. The zero-order valence-corrected chi connectivity index (χ0v) is 14.3. The van der Waals surface area contributed by atoms with Crippen molar-refractivity contribution in [2.24, 2.45) is 11.8 Å². The topological polar surface area (TPSA) is 9.72 Å². The SMILES string of the molecule is CC(C)CN1CCN([C@@H]2CCN(C(C)C(C)C)C2)CC1. The largest absolute Gasteiger partial charge is 0.301 e. The van der Waals surface area contributed by atoms with Crippen LogP contribution in [-0.4, -0.2) is 72.6 Å². The summed E-state index contributed by atoms with van der Waals surface area (Å²) in [6.07, 6.45) is 1.38. The third kappa shape index (κ3) is 4.19. The van der Waals surface area contributed by atoms with Crippen LogP contribution in [0.2, 0.25) is 0 Å². The van der Waals surface area contributed by atoms with Gasteiger partial charge in [-0.1, -0.05) is 27.7 Å². The van der Waals surface area contributed by atoms with E-state index >= 15 is 0 Å². The van der Waals surface area contributed by atoms with Crippen molar-refractivity contribution < 1.29 is 0 Å². The molecule has 2 aliphatic heterocycles. The van der Waals surface area contributed by atoms with Crippen LogP contribution in [0.25, 0.3) is 0 Å². The standard InChI is InChI=1S/C17H35N3/c1-14(2)12-18-8-10-19(11-9-18)17-6-7-20(13-17)16(5)15(3)4/h14-17H,6-13H2,1-5H3/t16?,17-/m1/s1. The second kappa shape index (κ2) is 7.24. The number of hydrogen-bond acceptors (Lipinski definition) is 3. The Bertz CT molecular complexity index is 282. The molecule has 0 bridgehead atoms. The summed E-state index contributed by atoms with van der Waals surface area (Å²) in [6, 6.07) is 1.56. The van der Waals surface area contributed by atoms with Gasteiger partial charge in [-0.05, 0) is 25.2 Å². The smallest absolute Gasteiger partial charge is 0.0236 e. The zero-order valence-electron chi connectivity index (χ0n) is 14.3. The molecule has 0 aromatic carbocycles. The third-order valence-corrected chi connectivity index (χ3v) is 5.28. The van der Waals surface area contributed by atoms with Crippen molar-refractivity contribution in [2.75, 3.05) is 45.8 Å². The van der Waals surface area contributed by atoms with E-state index in [1.54, 1.807) is 0 Å². The normalized spacial score (nSPS) is 28.6. The summed E-state index contributed by atoms with van der Waals surface area (Å²) in [4.78, 5) is 8.10. The van der Waals surface area contributed by atoms with Crippen molar-refractivity contribution in [3.63, 3.8) is 0 Å². The molecule has 20 heavy (non-hydrogen) atoms. The molecule has 118 valence electrons. The van der Waals surface area contributed by atoms with Gasteiger partial charge >= 0.3 is 0 Å². The number of nitrogens with zero attached hydrogens (tertiary/aromatic N) is 3. The molecule has 2 aliphatic rings. The lowest BCUT2D eigenvalue weighted by Crippen LogP contribution is -2.52. The van der Waals surface area contributed by atoms with Gasteiger partial charge in [0.25, 0.3) is 0 Å². The predicted molar refractivity (Wildman–Crippen MR) is 87.1 cm³/mol. The molecule has 3 nitrogen and oxygen atoms in total. The van der Waals surface area contributed by atoms with Crippen LogP contribution in [-0.2, 0) is 0 Å². The monoisotopic (exact) mass is 281 g/mol. The minimum Gasteiger partial charge on any atom is -0.301 e. The van der Waals surface area contributed by atoms with E-state index in [0.717, 1.165) is 23.9 Å². The maximum Gasteiger partial charge on any atom is 0.0236 e. The van der Waals surface area contributed by atoms with Crippen molar-refractivity contribution in [1.82, 2.24) is 14.7 Å². The van der Waals surface area contributed by atoms with Gasteiger partial charge in [0.05, 0.1) is 0 Å². The number of hydrogen-bond donors (Lipinski definition) is 0. The summed E-state index contributed by atoms with van der Waals surface area (Å²) >= 11 is 0. The summed E-state index contributed by atoms with van der Waals surface area (Å²) in [5, 5.41) is 0.